The van der Waals surface area contributed by atoms with Gasteiger partial charge in [0.25, 0.3) is 8.18 Å². The molecule has 0 amide bonds. The van der Waals surface area contributed by atoms with Crippen LogP contribution in [0.5, 0.6) is 0 Å². The lowest BCUT2D eigenvalue weighted by Crippen LogP contribution is -2.25. The predicted molar refractivity (Wildman–Crippen MR) is 96.9 cm³/mol. The van der Waals surface area contributed by atoms with Crippen molar-refractivity contribution in [2.45, 2.75) is 59.8 Å². The zero-order valence-corrected chi connectivity index (χ0v) is 16.5. The Bertz CT molecular complexity index is 316. The molecule has 0 bridgehead atoms. The molecule has 1 radical (unpaired) electrons. The highest BCUT2D eigenvalue weighted by Crippen LogP contribution is 2.23. The van der Waals surface area contributed by atoms with E-state index >= 15 is 0 Å². The van der Waals surface area contributed by atoms with Crippen LogP contribution in [-0.2, 0) is 14.0 Å². The Hall–Kier alpha value is 0.0700. The molecule has 0 heterocycles. The maximum absolute atomic E-state index is 10.7. The molecule has 139 valence electrons. The van der Waals surface area contributed by atoms with Crippen LogP contribution in [0, 0.1) is 17.8 Å². The van der Waals surface area contributed by atoms with E-state index in [2.05, 4.69) is 39.7 Å². The van der Waals surface area contributed by atoms with Crippen LogP contribution in [0.25, 0.3) is 0 Å². The summed E-state index contributed by atoms with van der Waals surface area (Å²) in [5, 5.41) is 2.62. The van der Waals surface area contributed by atoms with Crippen LogP contribution < -0.4 is 5.09 Å². The molecular weight excluding hydrogens is 313 g/mol. The van der Waals surface area contributed by atoms with E-state index in [1.54, 1.807) is 0 Å². The van der Waals surface area contributed by atoms with Crippen molar-refractivity contribution in [3.63, 3.8) is 0 Å². The van der Waals surface area contributed by atoms with Crippen molar-refractivity contribution < 1.29 is 18.9 Å². The van der Waals surface area contributed by atoms with Gasteiger partial charge in [0.2, 0.25) is 0 Å². The van der Waals surface area contributed by atoms with Crippen molar-refractivity contribution in [2.24, 2.45) is 10.8 Å². The smallest absolute Gasteiger partial charge is 0.255 e. The predicted octanol–water partition coefficient (Wildman–Crippen LogP) is 3.83. The molecule has 0 aliphatic rings. The fraction of sp³-hybridized carbons (Fsp3) is 0.941. The maximum atomic E-state index is 10.7. The highest BCUT2D eigenvalue weighted by atomic mass is 31.1. The largest absolute Gasteiger partial charge is 0.381 e. The zero-order chi connectivity index (χ0) is 17.8. The summed E-state index contributed by atoms with van der Waals surface area (Å²) in [4.78, 5) is 8.80. The number of hydrogen-bond acceptors (Lipinski definition) is 3. The summed E-state index contributed by atoms with van der Waals surface area (Å²) < 4.78 is 21.8. The topological polar surface area (TPSA) is 67.8 Å². The van der Waals surface area contributed by atoms with Crippen LogP contribution in [0.3, 0.4) is 0 Å². The van der Waals surface area contributed by atoms with Crippen molar-refractivity contribution in [3.8, 4) is 0 Å². The Morgan fingerprint density at radius 2 is 1.43 bits per heavy atom. The van der Waals surface area contributed by atoms with Gasteiger partial charge in [-0.2, -0.15) is 0 Å². The molecule has 0 aliphatic heterocycles. The lowest BCUT2D eigenvalue weighted by atomic mass is 9.88. The minimum atomic E-state index is -2.58. The fourth-order valence-corrected chi connectivity index (χ4v) is 2.81. The highest BCUT2D eigenvalue weighted by molar-refractivity contribution is 7.35. The van der Waals surface area contributed by atoms with Gasteiger partial charge in [-0.15, -0.1) is 0 Å². The van der Waals surface area contributed by atoms with Gasteiger partial charge in [-0.1, -0.05) is 27.7 Å². The number of ether oxygens (including phenoxy) is 2. The molecule has 0 saturated carbocycles. The standard InChI is InChI=1S/C17H37NO4P/c1-16(2,3)9-6-11-21-13-8-14-22-12-7-10-17(4,5)15-18-23(19)20/h23H,1,6-15H2,2-5H3,(H2,18,19,20). The molecule has 6 heteroatoms. The van der Waals surface area contributed by atoms with E-state index in [4.69, 9.17) is 14.4 Å². The molecule has 0 saturated heterocycles. The van der Waals surface area contributed by atoms with Gasteiger partial charge in [0.15, 0.2) is 0 Å². The van der Waals surface area contributed by atoms with E-state index < -0.39 is 8.18 Å². The molecule has 0 fully saturated rings. The van der Waals surface area contributed by atoms with E-state index in [0.29, 0.717) is 6.54 Å². The minimum Gasteiger partial charge on any atom is -0.381 e. The second-order valence-corrected chi connectivity index (χ2v) is 8.74. The highest BCUT2D eigenvalue weighted by Gasteiger charge is 2.17. The molecular formula is C17H37NO4P. The van der Waals surface area contributed by atoms with Gasteiger partial charge in [0.1, 0.15) is 0 Å². The maximum Gasteiger partial charge on any atom is 0.255 e. The van der Waals surface area contributed by atoms with Gasteiger partial charge >= 0.3 is 0 Å². The molecule has 0 spiro atoms. The number of hydrogen-bond donors (Lipinski definition) is 2. The van der Waals surface area contributed by atoms with Crippen molar-refractivity contribution in [2.75, 3.05) is 33.0 Å². The lowest BCUT2D eigenvalue weighted by Gasteiger charge is -2.24. The summed E-state index contributed by atoms with van der Waals surface area (Å²) in [7, 11) is -2.58. The van der Waals surface area contributed by atoms with Crippen molar-refractivity contribution in [3.05, 3.63) is 6.92 Å². The van der Waals surface area contributed by atoms with Crippen LogP contribution in [0.15, 0.2) is 0 Å². The molecule has 1 unspecified atom stereocenters. The molecule has 2 N–H and O–H groups in total. The number of nitrogens with one attached hydrogen (secondary N) is 1. The molecule has 0 aromatic carbocycles. The first kappa shape index (κ1) is 23.1. The first-order chi connectivity index (χ1) is 10.6. The zero-order valence-electron chi connectivity index (χ0n) is 15.5. The lowest BCUT2D eigenvalue weighted by molar-refractivity contribution is 0.0748. The summed E-state index contributed by atoms with van der Waals surface area (Å²) in [6, 6.07) is 0. The van der Waals surface area contributed by atoms with Gasteiger partial charge in [-0.25, -0.2) is 5.09 Å². The van der Waals surface area contributed by atoms with Crippen molar-refractivity contribution in [1.82, 2.24) is 5.09 Å². The quantitative estimate of drug-likeness (QED) is 0.347. The van der Waals surface area contributed by atoms with Gasteiger partial charge in [0, 0.05) is 33.0 Å². The number of rotatable bonds is 15. The van der Waals surface area contributed by atoms with E-state index in [1.807, 2.05) is 0 Å². The van der Waals surface area contributed by atoms with Gasteiger partial charge in [-0.05, 0) is 49.9 Å². The van der Waals surface area contributed by atoms with E-state index in [1.165, 1.54) is 0 Å². The molecule has 0 aromatic heterocycles. The summed E-state index contributed by atoms with van der Waals surface area (Å²) >= 11 is 0. The Morgan fingerprint density at radius 1 is 0.957 bits per heavy atom. The summed E-state index contributed by atoms with van der Waals surface area (Å²) in [5.74, 6) is 0. The van der Waals surface area contributed by atoms with Gasteiger partial charge < -0.3 is 14.4 Å². The van der Waals surface area contributed by atoms with Crippen molar-refractivity contribution >= 4 is 8.18 Å². The molecule has 0 aromatic rings. The first-order valence-electron chi connectivity index (χ1n) is 8.60. The van der Waals surface area contributed by atoms with Crippen LogP contribution in [0.1, 0.15) is 59.8 Å². The normalized spacial score (nSPS) is 14.2. The summed E-state index contributed by atoms with van der Waals surface area (Å²) in [6.07, 6.45) is 4.98. The monoisotopic (exact) mass is 350 g/mol. The van der Waals surface area contributed by atoms with E-state index in [0.717, 1.165) is 58.5 Å². The third kappa shape index (κ3) is 18.3. The average molecular weight is 350 g/mol. The first-order valence-corrected chi connectivity index (χ1v) is 9.96. The second kappa shape index (κ2) is 12.4. The van der Waals surface area contributed by atoms with E-state index in [9.17, 15) is 4.57 Å². The fourth-order valence-electron chi connectivity index (χ4n) is 2.18. The molecule has 0 rings (SSSR count). The van der Waals surface area contributed by atoms with Crippen molar-refractivity contribution in [1.29, 1.82) is 0 Å². The SMILES string of the molecule is [CH2]C(C)(C)CCCOCCCOCCCC(C)(C)CN[PH](=O)O. The van der Waals surface area contributed by atoms with E-state index in [-0.39, 0.29) is 10.8 Å². The van der Waals surface area contributed by atoms with Gasteiger partial charge in [0.05, 0.1) is 0 Å². The Labute approximate surface area is 143 Å². The third-order valence-corrected chi connectivity index (χ3v) is 4.06. The van der Waals surface area contributed by atoms with Gasteiger partial charge in [-0.3, -0.25) is 4.57 Å². The molecule has 1 atom stereocenters. The Morgan fingerprint density at radius 3 is 1.91 bits per heavy atom. The second-order valence-electron chi connectivity index (χ2n) is 7.77. The summed E-state index contributed by atoms with van der Waals surface area (Å²) in [5.41, 5.74) is 0.153. The molecule has 0 aliphatic carbocycles. The molecule has 23 heavy (non-hydrogen) atoms. The van der Waals surface area contributed by atoms with Crippen LogP contribution >= 0.6 is 8.18 Å². The third-order valence-electron chi connectivity index (χ3n) is 3.58. The van der Waals surface area contributed by atoms with Crippen LogP contribution in [-0.4, -0.2) is 37.9 Å². The van der Waals surface area contributed by atoms with Crippen LogP contribution in [0.2, 0.25) is 0 Å². The average Bonchev–Trinajstić information content (AvgIpc) is 2.41. The Balaban J connectivity index is 3.35. The molecule has 5 nitrogen and oxygen atoms in total. The Kier molecular flexibility index (Phi) is 12.5. The van der Waals surface area contributed by atoms with Crippen LogP contribution in [0.4, 0.5) is 0 Å². The minimum absolute atomic E-state index is 0.0113. The summed E-state index contributed by atoms with van der Waals surface area (Å²) in [6.45, 7) is 16.1.